The Morgan fingerprint density at radius 3 is 2.42 bits per heavy atom. The summed E-state index contributed by atoms with van der Waals surface area (Å²) in [5.74, 6) is 0.450. The van der Waals surface area contributed by atoms with E-state index in [2.05, 4.69) is 5.10 Å². The Morgan fingerprint density at radius 1 is 1.47 bits per heavy atom. The van der Waals surface area contributed by atoms with Crippen LogP contribution < -0.4 is 4.90 Å². The minimum absolute atomic E-state index is 0.0381. The highest BCUT2D eigenvalue weighted by molar-refractivity contribution is 5.61. The van der Waals surface area contributed by atoms with Gasteiger partial charge in [-0.25, -0.2) is 4.68 Å². The Kier molecular flexibility index (Phi) is 4.52. The van der Waals surface area contributed by atoms with Crippen molar-refractivity contribution in [3.63, 3.8) is 0 Å². The third kappa shape index (κ3) is 3.44. The van der Waals surface area contributed by atoms with E-state index in [1.165, 1.54) is 4.68 Å². The van der Waals surface area contributed by atoms with Gasteiger partial charge < -0.3 is 10.0 Å². The molecular formula is C12H22N4O3. The minimum Gasteiger partial charge on any atom is -0.389 e. The highest BCUT2D eigenvalue weighted by atomic mass is 16.6. The molecule has 1 aromatic rings. The molecule has 108 valence electrons. The van der Waals surface area contributed by atoms with Crippen molar-refractivity contribution in [2.75, 3.05) is 18.0 Å². The number of nitrogens with zero attached hydrogens (tertiary/aromatic N) is 4. The lowest BCUT2D eigenvalue weighted by Crippen LogP contribution is -2.39. The maximum Gasteiger partial charge on any atom is 0.334 e. The summed E-state index contributed by atoms with van der Waals surface area (Å²) in [7, 11) is 1.69. The zero-order valence-corrected chi connectivity index (χ0v) is 12.2. The van der Waals surface area contributed by atoms with Gasteiger partial charge in [0.25, 0.3) is 0 Å². The Morgan fingerprint density at radius 2 is 2.05 bits per heavy atom. The number of aromatic nitrogens is 2. The first-order valence-electron chi connectivity index (χ1n) is 6.38. The number of nitro groups is 1. The molecule has 0 amide bonds. The molecule has 0 aromatic carbocycles. The molecule has 1 N–H and O–H groups in total. The molecule has 0 atom stereocenters. The van der Waals surface area contributed by atoms with Crippen molar-refractivity contribution in [2.24, 2.45) is 7.05 Å². The molecule has 0 saturated carbocycles. The fraction of sp³-hybridized carbons (Fsp3) is 0.750. The monoisotopic (exact) mass is 270 g/mol. The number of rotatable bonds is 6. The lowest BCUT2D eigenvalue weighted by Gasteiger charge is -2.28. The summed E-state index contributed by atoms with van der Waals surface area (Å²) in [5.41, 5.74) is -0.423. The van der Waals surface area contributed by atoms with E-state index in [4.69, 9.17) is 0 Å². The summed E-state index contributed by atoms with van der Waals surface area (Å²) in [6, 6.07) is 0. The van der Waals surface area contributed by atoms with Gasteiger partial charge in [-0.05, 0) is 27.2 Å². The van der Waals surface area contributed by atoms with E-state index in [1.54, 1.807) is 25.8 Å². The van der Waals surface area contributed by atoms with Gasteiger partial charge in [0.2, 0.25) is 5.82 Å². The number of hydrogen-bond acceptors (Lipinski definition) is 5. The lowest BCUT2D eigenvalue weighted by atomic mass is 10.1. The molecule has 0 bridgehead atoms. The SMILES string of the molecule is CCc1nn(C)c(N(CC)CC(C)(C)O)c1[N+](=O)[O-]. The lowest BCUT2D eigenvalue weighted by molar-refractivity contribution is -0.384. The Balaban J connectivity index is 3.30. The largest absolute Gasteiger partial charge is 0.389 e. The summed E-state index contributed by atoms with van der Waals surface area (Å²) in [4.78, 5) is 12.7. The fourth-order valence-corrected chi connectivity index (χ4v) is 2.14. The second kappa shape index (κ2) is 5.56. The first-order chi connectivity index (χ1) is 8.71. The van der Waals surface area contributed by atoms with Crippen molar-refractivity contribution in [2.45, 2.75) is 39.7 Å². The second-order valence-corrected chi connectivity index (χ2v) is 5.18. The summed E-state index contributed by atoms with van der Waals surface area (Å²) in [6.45, 7) is 7.97. The molecule has 0 unspecified atom stereocenters. The van der Waals surface area contributed by atoms with Crippen LogP contribution in [0.4, 0.5) is 11.5 Å². The van der Waals surface area contributed by atoms with Gasteiger partial charge in [-0.3, -0.25) is 10.1 Å². The van der Waals surface area contributed by atoms with Gasteiger partial charge >= 0.3 is 5.69 Å². The van der Waals surface area contributed by atoms with Crippen LogP contribution in [0.15, 0.2) is 0 Å². The van der Waals surface area contributed by atoms with Crippen LogP contribution in [-0.4, -0.2) is 38.5 Å². The third-order valence-corrected chi connectivity index (χ3v) is 2.84. The van der Waals surface area contributed by atoms with Crippen LogP contribution in [0, 0.1) is 10.1 Å². The molecule has 1 heterocycles. The topological polar surface area (TPSA) is 84.4 Å². The van der Waals surface area contributed by atoms with Crippen LogP contribution in [0.1, 0.15) is 33.4 Å². The average Bonchev–Trinajstić information content (AvgIpc) is 2.61. The summed E-state index contributed by atoms with van der Waals surface area (Å²) >= 11 is 0. The molecule has 0 aliphatic carbocycles. The first kappa shape index (κ1) is 15.4. The Bertz CT molecular complexity index is 462. The zero-order chi connectivity index (χ0) is 14.8. The number of aryl methyl sites for hydroxylation is 2. The molecular weight excluding hydrogens is 248 g/mol. The van der Waals surface area contributed by atoms with E-state index >= 15 is 0 Å². The Labute approximate surface area is 113 Å². The molecule has 1 rings (SSSR count). The van der Waals surface area contributed by atoms with E-state index in [-0.39, 0.29) is 5.69 Å². The van der Waals surface area contributed by atoms with Gasteiger partial charge in [0.05, 0.1) is 10.5 Å². The van der Waals surface area contributed by atoms with Crippen molar-refractivity contribution in [3.05, 3.63) is 15.8 Å². The number of hydrogen-bond donors (Lipinski definition) is 1. The van der Waals surface area contributed by atoms with Gasteiger partial charge in [-0.1, -0.05) is 6.92 Å². The summed E-state index contributed by atoms with van der Waals surface area (Å²) in [5, 5.41) is 25.4. The molecule has 0 spiro atoms. The number of anilines is 1. The standard InChI is InChI=1S/C12H22N4O3/c1-6-9-10(16(18)19)11(14(5)13-9)15(7-2)8-12(3,4)17/h17H,6-8H2,1-5H3. The van der Waals surface area contributed by atoms with Crippen molar-refractivity contribution >= 4 is 11.5 Å². The van der Waals surface area contributed by atoms with Crippen molar-refractivity contribution < 1.29 is 10.0 Å². The van der Waals surface area contributed by atoms with Gasteiger partial charge in [-0.15, -0.1) is 0 Å². The predicted octanol–water partition coefficient (Wildman–Crippen LogP) is 1.49. The van der Waals surface area contributed by atoms with Gasteiger partial charge in [0.1, 0.15) is 5.69 Å². The van der Waals surface area contributed by atoms with E-state index < -0.39 is 10.5 Å². The average molecular weight is 270 g/mol. The van der Waals surface area contributed by atoms with Crippen LogP contribution in [0.5, 0.6) is 0 Å². The molecule has 0 aliphatic rings. The maximum atomic E-state index is 11.3. The minimum atomic E-state index is -0.930. The second-order valence-electron chi connectivity index (χ2n) is 5.18. The molecule has 1 aromatic heterocycles. The van der Waals surface area contributed by atoms with Crippen molar-refractivity contribution in [3.8, 4) is 0 Å². The van der Waals surface area contributed by atoms with Crippen LogP contribution in [0.2, 0.25) is 0 Å². The molecule has 0 saturated heterocycles. The first-order valence-corrected chi connectivity index (χ1v) is 6.38. The Hall–Kier alpha value is -1.63. The van der Waals surface area contributed by atoms with Crippen LogP contribution in [0.3, 0.4) is 0 Å². The zero-order valence-electron chi connectivity index (χ0n) is 12.2. The van der Waals surface area contributed by atoms with Gasteiger partial charge in [0.15, 0.2) is 0 Å². The van der Waals surface area contributed by atoms with Crippen LogP contribution in [-0.2, 0) is 13.5 Å². The molecule has 0 radical (unpaired) electrons. The van der Waals surface area contributed by atoms with Gasteiger partial charge in [0, 0.05) is 20.1 Å². The van der Waals surface area contributed by atoms with Crippen LogP contribution in [0.25, 0.3) is 0 Å². The summed E-state index contributed by atoms with van der Waals surface area (Å²) in [6.07, 6.45) is 0.504. The van der Waals surface area contributed by atoms with E-state index in [1.807, 2.05) is 13.8 Å². The molecule has 7 nitrogen and oxygen atoms in total. The highest BCUT2D eigenvalue weighted by Crippen LogP contribution is 2.32. The van der Waals surface area contributed by atoms with Crippen LogP contribution >= 0.6 is 0 Å². The molecule has 7 heteroatoms. The van der Waals surface area contributed by atoms with Gasteiger partial charge in [-0.2, -0.15) is 5.10 Å². The third-order valence-electron chi connectivity index (χ3n) is 2.84. The van der Waals surface area contributed by atoms with E-state index in [0.717, 1.165) is 0 Å². The quantitative estimate of drug-likeness (QED) is 0.625. The normalized spacial score (nSPS) is 11.7. The predicted molar refractivity (Wildman–Crippen MR) is 73.4 cm³/mol. The fourth-order valence-electron chi connectivity index (χ4n) is 2.14. The van der Waals surface area contributed by atoms with E-state index in [0.29, 0.717) is 31.0 Å². The summed E-state index contributed by atoms with van der Waals surface area (Å²) < 4.78 is 1.52. The molecule has 0 fully saturated rings. The maximum absolute atomic E-state index is 11.3. The molecule has 19 heavy (non-hydrogen) atoms. The van der Waals surface area contributed by atoms with Crippen molar-refractivity contribution in [1.82, 2.24) is 9.78 Å². The van der Waals surface area contributed by atoms with Crippen molar-refractivity contribution in [1.29, 1.82) is 0 Å². The number of aliphatic hydroxyl groups is 1. The highest BCUT2D eigenvalue weighted by Gasteiger charge is 2.31. The number of likely N-dealkylation sites (N-methyl/N-ethyl adjacent to an activating group) is 1. The van der Waals surface area contributed by atoms with E-state index in [9.17, 15) is 15.2 Å². The smallest absolute Gasteiger partial charge is 0.334 e. The molecule has 0 aliphatic heterocycles.